The normalized spacial score (nSPS) is 12.3. The fraction of sp³-hybridized carbons (Fsp3) is 0.212. The summed E-state index contributed by atoms with van der Waals surface area (Å²) in [4.78, 5) is 27.5. The highest BCUT2D eigenvalue weighted by atomic mass is 32.1. The highest BCUT2D eigenvalue weighted by molar-refractivity contribution is 7.80. The largest absolute Gasteiger partial charge is 0.489 e. The summed E-state index contributed by atoms with van der Waals surface area (Å²) < 4.78 is 11.7. The first-order valence-electron chi connectivity index (χ1n) is 13.2. The average Bonchev–Trinajstić information content (AvgIpc) is 3.00. The van der Waals surface area contributed by atoms with Gasteiger partial charge in [-0.25, -0.2) is 4.79 Å². The fourth-order valence-electron chi connectivity index (χ4n) is 4.30. The van der Waals surface area contributed by atoms with Gasteiger partial charge in [0.05, 0.1) is 6.61 Å². The molecule has 0 aliphatic heterocycles. The Kier molecular flexibility index (Phi) is 10.8. The number of thiol groups is 1. The van der Waals surface area contributed by atoms with Crippen LogP contribution in [0, 0.1) is 5.92 Å². The van der Waals surface area contributed by atoms with E-state index in [2.05, 4.69) is 12.6 Å². The lowest BCUT2D eigenvalue weighted by atomic mass is 9.99. The number of aliphatic carboxylic acids is 1. The minimum Gasteiger partial charge on any atom is -0.489 e. The summed E-state index contributed by atoms with van der Waals surface area (Å²) in [6.45, 7) is 0.449. The Hall–Kier alpha value is -4.07. The molecule has 1 amide bonds. The number of anilines is 1. The van der Waals surface area contributed by atoms with E-state index in [0.717, 1.165) is 16.7 Å². The Bertz CT molecular complexity index is 1330. The van der Waals surface area contributed by atoms with E-state index in [1.54, 1.807) is 24.3 Å². The van der Waals surface area contributed by atoms with Crippen LogP contribution in [0.4, 0.5) is 5.69 Å². The summed E-state index contributed by atoms with van der Waals surface area (Å²) in [5.41, 5.74) is 3.38. The second-order valence-electron chi connectivity index (χ2n) is 9.37. The molecule has 2 atom stereocenters. The van der Waals surface area contributed by atoms with Gasteiger partial charge in [0.25, 0.3) is 0 Å². The van der Waals surface area contributed by atoms with Crippen molar-refractivity contribution in [3.63, 3.8) is 0 Å². The van der Waals surface area contributed by atoms with Crippen LogP contribution in [0.3, 0.4) is 0 Å². The summed E-state index contributed by atoms with van der Waals surface area (Å²) in [6.07, 6.45) is -0.299. The number of carbonyl (C=O) groups is 2. The third-order valence-electron chi connectivity index (χ3n) is 6.49. The van der Waals surface area contributed by atoms with Crippen LogP contribution in [0.15, 0.2) is 115 Å². The van der Waals surface area contributed by atoms with E-state index < -0.39 is 18.1 Å². The maximum Gasteiger partial charge on any atom is 0.354 e. The van der Waals surface area contributed by atoms with Crippen molar-refractivity contribution in [1.29, 1.82) is 0 Å². The van der Waals surface area contributed by atoms with E-state index in [1.165, 1.54) is 4.90 Å². The van der Waals surface area contributed by atoms with E-state index in [9.17, 15) is 14.7 Å². The number of hydrogen-bond donors (Lipinski definition) is 2. The molecule has 0 saturated carbocycles. The highest BCUT2D eigenvalue weighted by Gasteiger charge is 2.35. The third kappa shape index (κ3) is 8.21. The van der Waals surface area contributed by atoms with E-state index in [0.29, 0.717) is 30.9 Å². The molecule has 1 unspecified atom stereocenters. The van der Waals surface area contributed by atoms with Crippen molar-refractivity contribution in [2.75, 3.05) is 10.7 Å². The zero-order valence-electron chi connectivity index (χ0n) is 22.1. The number of para-hydroxylation sites is 1. The average molecular weight is 556 g/mol. The molecule has 0 spiro atoms. The number of aryl methyl sites for hydroxylation is 1. The zero-order chi connectivity index (χ0) is 28.2. The Balaban J connectivity index is 1.46. The lowest BCUT2D eigenvalue weighted by Gasteiger charge is -2.31. The molecule has 0 fully saturated rings. The van der Waals surface area contributed by atoms with Gasteiger partial charge in [0.2, 0.25) is 12.1 Å². The molecule has 4 aromatic rings. The molecule has 0 heterocycles. The number of amides is 1. The van der Waals surface area contributed by atoms with Crippen molar-refractivity contribution in [3.8, 4) is 5.75 Å². The Morgan fingerprint density at radius 2 is 1.27 bits per heavy atom. The van der Waals surface area contributed by atoms with Gasteiger partial charge in [-0.05, 0) is 53.8 Å². The number of carboxylic acid groups (broad SMARTS) is 1. The molecule has 4 rings (SSSR count). The summed E-state index contributed by atoms with van der Waals surface area (Å²) in [5.74, 6) is -1.10. The summed E-state index contributed by atoms with van der Waals surface area (Å²) in [7, 11) is 0. The first kappa shape index (κ1) is 28.9. The van der Waals surface area contributed by atoms with E-state index in [-0.39, 0.29) is 18.3 Å². The number of hydrogen-bond acceptors (Lipinski definition) is 5. The van der Waals surface area contributed by atoms with Crippen molar-refractivity contribution in [3.05, 3.63) is 132 Å². The fourth-order valence-corrected chi connectivity index (χ4v) is 4.63. The van der Waals surface area contributed by atoms with Crippen molar-refractivity contribution < 1.29 is 24.2 Å². The molecule has 0 aliphatic carbocycles. The maximum atomic E-state index is 13.8. The van der Waals surface area contributed by atoms with E-state index >= 15 is 0 Å². The van der Waals surface area contributed by atoms with E-state index in [1.807, 2.05) is 91.0 Å². The molecule has 6 nitrogen and oxygen atoms in total. The van der Waals surface area contributed by atoms with Crippen LogP contribution in [0.25, 0.3) is 0 Å². The molecule has 0 bridgehead atoms. The van der Waals surface area contributed by atoms with Gasteiger partial charge < -0.3 is 14.6 Å². The first-order chi connectivity index (χ1) is 19.5. The molecule has 0 aliphatic rings. The van der Waals surface area contributed by atoms with Gasteiger partial charge in [-0.1, -0.05) is 91.0 Å². The topological polar surface area (TPSA) is 76.1 Å². The van der Waals surface area contributed by atoms with Gasteiger partial charge in [-0.15, -0.1) is 0 Å². The Morgan fingerprint density at radius 3 is 1.85 bits per heavy atom. The standard InChI is InChI=1S/C33H33NO5S/c35-31(28(24-40)19-16-25-10-4-1-5-11-25)34(29-14-8-3-9-15-29)32(33(36)37)39-23-27-17-20-30(21-18-27)38-22-26-12-6-2-7-13-26/h1-15,17-18,20-21,28,32,40H,16,19,22-24H2,(H,36,37)/t28?,32-/m0/s1. The minimum absolute atomic E-state index is 0.00209. The molecule has 7 heteroatoms. The maximum absolute atomic E-state index is 13.8. The first-order valence-corrected chi connectivity index (χ1v) is 13.8. The Morgan fingerprint density at radius 1 is 0.725 bits per heavy atom. The minimum atomic E-state index is -1.51. The van der Waals surface area contributed by atoms with Crippen LogP contribution in [0.1, 0.15) is 23.1 Å². The molecule has 0 saturated heterocycles. The summed E-state index contributed by atoms with van der Waals surface area (Å²) in [6, 6.07) is 35.8. The van der Waals surface area contributed by atoms with Crippen molar-refractivity contribution in [2.45, 2.75) is 32.3 Å². The molecule has 0 radical (unpaired) electrons. The highest BCUT2D eigenvalue weighted by Crippen LogP contribution is 2.25. The quantitative estimate of drug-likeness (QED) is 0.139. The zero-order valence-corrected chi connectivity index (χ0v) is 23.0. The van der Waals surface area contributed by atoms with Crippen molar-refractivity contribution in [1.82, 2.24) is 0 Å². The lowest BCUT2D eigenvalue weighted by Crippen LogP contribution is -2.49. The Labute approximate surface area is 240 Å². The van der Waals surface area contributed by atoms with Crippen LogP contribution in [0.5, 0.6) is 5.75 Å². The molecule has 0 aromatic heterocycles. The number of carboxylic acids is 1. The van der Waals surface area contributed by atoms with Crippen LogP contribution in [-0.2, 0) is 34.0 Å². The van der Waals surface area contributed by atoms with Crippen LogP contribution in [0.2, 0.25) is 0 Å². The SMILES string of the molecule is O=C(O)[C@H](OCc1ccc(OCc2ccccc2)cc1)N(C(=O)C(CS)CCc1ccccc1)c1ccccc1. The molecule has 1 N–H and O–H groups in total. The predicted octanol–water partition coefficient (Wildman–Crippen LogP) is 6.40. The van der Waals surface area contributed by atoms with Crippen LogP contribution >= 0.6 is 12.6 Å². The van der Waals surface area contributed by atoms with Crippen molar-refractivity contribution >= 4 is 30.2 Å². The third-order valence-corrected chi connectivity index (χ3v) is 6.93. The number of ether oxygens (including phenoxy) is 2. The van der Waals surface area contributed by atoms with Gasteiger partial charge in [-0.2, -0.15) is 12.6 Å². The van der Waals surface area contributed by atoms with Gasteiger partial charge in [0.1, 0.15) is 12.4 Å². The number of rotatable bonds is 14. The van der Waals surface area contributed by atoms with E-state index in [4.69, 9.17) is 9.47 Å². The molecule has 206 valence electrons. The second kappa shape index (κ2) is 14.9. The van der Waals surface area contributed by atoms with Gasteiger partial charge in [0, 0.05) is 17.4 Å². The molecule has 40 heavy (non-hydrogen) atoms. The van der Waals surface area contributed by atoms with Crippen molar-refractivity contribution in [2.24, 2.45) is 5.92 Å². The molecular formula is C33H33NO5S. The predicted molar refractivity (Wildman–Crippen MR) is 159 cm³/mol. The van der Waals surface area contributed by atoms with Crippen LogP contribution < -0.4 is 9.64 Å². The number of benzene rings is 4. The molecular weight excluding hydrogens is 522 g/mol. The number of nitrogens with zero attached hydrogens (tertiary/aromatic N) is 1. The van der Waals surface area contributed by atoms with Gasteiger partial charge in [0.15, 0.2) is 0 Å². The second-order valence-corrected chi connectivity index (χ2v) is 9.73. The van der Waals surface area contributed by atoms with Crippen LogP contribution in [-0.4, -0.2) is 29.0 Å². The number of carbonyl (C=O) groups excluding carboxylic acids is 1. The monoisotopic (exact) mass is 555 g/mol. The summed E-state index contributed by atoms with van der Waals surface area (Å²) in [5, 5.41) is 10.2. The molecule has 4 aromatic carbocycles. The summed E-state index contributed by atoms with van der Waals surface area (Å²) >= 11 is 4.44. The van der Waals surface area contributed by atoms with Gasteiger partial charge >= 0.3 is 5.97 Å². The lowest BCUT2D eigenvalue weighted by molar-refractivity contribution is -0.153. The smallest absolute Gasteiger partial charge is 0.354 e. The van der Waals surface area contributed by atoms with Gasteiger partial charge in [-0.3, -0.25) is 9.69 Å².